The normalized spacial score (nSPS) is 17.2. The molecule has 0 bridgehead atoms. The van der Waals surface area contributed by atoms with E-state index in [9.17, 15) is 4.79 Å². The predicted molar refractivity (Wildman–Crippen MR) is 81.8 cm³/mol. The van der Waals surface area contributed by atoms with Crippen LogP contribution in [0, 0.1) is 6.92 Å². The lowest BCUT2D eigenvalue weighted by Crippen LogP contribution is -2.34. The molecule has 0 amide bonds. The summed E-state index contributed by atoms with van der Waals surface area (Å²) in [6, 6.07) is 4.06. The van der Waals surface area contributed by atoms with Gasteiger partial charge in [0.25, 0.3) is 0 Å². The van der Waals surface area contributed by atoms with Gasteiger partial charge in [0, 0.05) is 30.7 Å². The minimum absolute atomic E-state index is 0.131. The number of carbonyl (C=O) groups is 1. The number of nitrogens with zero attached hydrogens (tertiary/aromatic N) is 3. The number of carboxylic acid groups (broad SMARTS) is 1. The Balaban J connectivity index is 1.57. The Bertz CT molecular complexity index is 626. The van der Waals surface area contributed by atoms with E-state index in [0.29, 0.717) is 6.04 Å². The van der Waals surface area contributed by atoms with Crippen LogP contribution in [0.5, 0.6) is 0 Å². The van der Waals surface area contributed by atoms with Gasteiger partial charge in [-0.25, -0.2) is 4.79 Å². The van der Waals surface area contributed by atoms with Gasteiger partial charge in [0.1, 0.15) is 0 Å². The maximum absolute atomic E-state index is 10.9. The van der Waals surface area contributed by atoms with Crippen molar-refractivity contribution in [2.24, 2.45) is 0 Å². The molecule has 21 heavy (non-hydrogen) atoms. The molecule has 0 aromatic carbocycles. The predicted octanol–water partition coefficient (Wildman–Crippen LogP) is 2.79. The maximum Gasteiger partial charge on any atom is 0.356 e. The standard InChI is InChI=1S/C15H19N3O2S/c1-11-5-9-21-14(11)10-17-6-2-12(3-7-17)18-8-4-13(16-18)15(19)20/h4-5,8-9,12H,2-3,6-7,10H2,1H3,(H,19,20). The molecular formula is C15H19N3O2S. The highest BCUT2D eigenvalue weighted by molar-refractivity contribution is 7.10. The average Bonchev–Trinajstić information content (AvgIpc) is 3.10. The third-order valence-corrected chi connectivity index (χ3v) is 5.10. The van der Waals surface area contributed by atoms with Gasteiger partial charge in [0.15, 0.2) is 5.69 Å². The first kappa shape index (κ1) is 14.3. The Morgan fingerprint density at radius 2 is 2.19 bits per heavy atom. The number of aromatic nitrogens is 2. The number of piperidine rings is 1. The molecule has 0 saturated carbocycles. The summed E-state index contributed by atoms with van der Waals surface area (Å²) in [5.74, 6) is -0.959. The number of thiophene rings is 1. The summed E-state index contributed by atoms with van der Waals surface area (Å²) >= 11 is 1.82. The van der Waals surface area contributed by atoms with Gasteiger partial charge in [0.2, 0.25) is 0 Å². The van der Waals surface area contributed by atoms with Crippen LogP contribution < -0.4 is 0 Å². The summed E-state index contributed by atoms with van der Waals surface area (Å²) in [6.45, 7) is 5.25. The number of carboxylic acids is 1. The van der Waals surface area contributed by atoms with E-state index in [1.807, 2.05) is 16.0 Å². The zero-order valence-electron chi connectivity index (χ0n) is 12.0. The van der Waals surface area contributed by atoms with Crippen LogP contribution in [0.2, 0.25) is 0 Å². The fourth-order valence-electron chi connectivity index (χ4n) is 2.77. The molecule has 112 valence electrons. The smallest absolute Gasteiger partial charge is 0.356 e. The zero-order valence-corrected chi connectivity index (χ0v) is 12.8. The Kier molecular flexibility index (Phi) is 4.07. The van der Waals surface area contributed by atoms with E-state index < -0.39 is 5.97 Å². The second-order valence-corrected chi connectivity index (χ2v) is 6.52. The molecule has 2 aromatic heterocycles. The molecule has 1 saturated heterocycles. The molecule has 1 fully saturated rings. The van der Waals surface area contributed by atoms with E-state index >= 15 is 0 Å². The number of hydrogen-bond acceptors (Lipinski definition) is 4. The monoisotopic (exact) mass is 305 g/mol. The summed E-state index contributed by atoms with van der Waals surface area (Å²) in [5.41, 5.74) is 1.51. The highest BCUT2D eigenvalue weighted by Gasteiger charge is 2.22. The van der Waals surface area contributed by atoms with Crippen LogP contribution in [0.3, 0.4) is 0 Å². The van der Waals surface area contributed by atoms with Crippen molar-refractivity contribution < 1.29 is 9.90 Å². The Morgan fingerprint density at radius 1 is 1.43 bits per heavy atom. The van der Waals surface area contributed by atoms with Crippen molar-refractivity contribution in [1.29, 1.82) is 0 Å². The first-order valence-electron chi connectivity index (χ1n) is 7.17. The Labute approximate surface area is 127 Å². The third kappa shape index (κ3) is 3.16. The summed E-state index contributed by atoms with van der Waals surface area (Å²) in [6.07, 6.45) is 3.82. The SMILES string of the molecule is Cc1ccsc1CN1CCC(n2ccc(C(=O)O)n2)CC1. The molecule has 1 aliphatic rings. The second-order valence-electron chi connectivity index (χ2n) is 5.52. The molecule has 1 N–H and O–H groups in total. The van der Waals surface area contributed by atoms with Crippen molar-refractivity contribution in [3.05, 3.63) is 39.8 Å². The number of aryl methyl sites for hydroxylation is 1. The van der Waals surface area contributed by atoms with E-state index in [1.165, 1.54) is 10.4 Å². The summed E-state index contributed by atoms with van der Waals surface area (Å²) < 4.78 is 1.82. The van der Waals surface area contributed by atoms with Crippen LogP contribution in [-0.2, 0) is 6.54 Å². The van der Waals surface area contributed by atoms with E-state index in [1.54, 1.807) is 12.3 Å². The highest BCUT2D eigenvalue weighted by Crippen LogP contribution is 2.25. The number of hydrogen-bond donors (Lipinski definition) is 1. The topological polar surface area (TPSA) is 58.4 Å². The Hall–Kier alpha value is -1.66. The molecule has 0 spiro atoms. The highest BCUT2D eigenvalue weighted by atomic mass is 32.1. The van der Waals surface area contributed by atoms with Gasteiger partial charge in [-0.1, -0.05) is 0 Å². The van der Waals surface area contributed by atoms with E-state index in [-0.39, 0.29) is 5.69 Å². The van der Waals surface area contributed by atoms with Crippen molar-refractivity contribution >= 4 is 17.3 Å². The van der Waals surface area contributed by atoms with Crippen LogP contribution in [0.15, 0.2) is 23.7 Å². The lowest BCUT2D eigenvalue weighted by molar-refractivity contribution is 0.0688. The minimum atomic E-state index is -0.959. The molecule has 3 heterocycles. The third-order valence-electron chi connectivity index (χ3n) is 4.09. The van der Waals surface area contributed by atoms with Crippen molar-refractivity contribution in [1.82, 2.24) is 14.7 Å². The lowest BCUT2D eigenvalue weighted by atomic mass is 10.1. The maximum atomic E-state index is 10.9. The second kappa shape index (κ2) is 5.99. The minimum Gasteiger partial charge on any atom is -0.476 e. The van der Waals surface area contributed by atoms with Gasteiger partial charge >= 0.3 is 5.97 Å². The molecule has 6 heteroatoms. The largest absolute Gasteiger partial charge is 0.476 e. The summed E-state index contributed by atoms with van der Waals surface area (Å²) in [5, 5.41) is 15.2. The number of aromatic carboxylic acids is 1. The Morgan fingerprint density at radius 3 is 2.76 bits per heavy atom. The molecule has 0 atom stereocenters. The molecule has 0 radical (unpaired) electrons. The summed E-state index contributed by atoms with van der Waals surface area (Å²) in [7, 11) is 0. The van der Waals surface area contributed by atoms with Crippen molar-refractivity contribution in [3.8, 4) is 0 Å². The van der Waals surface area contributed by atoms with Crippen LogP contribution >= 0.6 is 11.3 Å². The molecule has 0 unspecified atom stereocenters. The van der Waals surface area contributed by atoms with Crippen LogP contribution in [-0.4, -0.2) is 38.8 Å². The fraction of sp³-hybridized carbons (Fsp3) is 0.467. The van der Waals surface area contributed by atoms with Crippen LogP contribution in [0.4, 0.5) is 0 Å². The molecule has 2 aromatic rings. The summed E-state index contributed by atoms with van der Waals surface area (Å²) in [4.78, 5) is 14.8. The quantitative estimate of drug-likeness (QED) is 0.943. The van der Waals surface area contributed by atoms with E-state index in [2.05, 4.69) is 28.4 Å². The average molecular weight is 305 g/mol. The van der Waals surface area contributed by atoms with Gasteiger partial charge in [-0.15, -0.1) is 11.3 Å². The first-order chi connectivity index (χ1) is 10.1. The zero-order chi connectivity index (χ0) is 14.8. The van der Waals surface area contributed by atoms with Crippen LogP contribution in [0.1, 0.15) is 39.8 Å². The van der Waals surface area contributed by atoms with Gasteiger partial charge in [-0.05, 0) is 42.8 Å². The van der Waals surface area contributed by atoms with Gasteiger partial charge in [-0.3, -0.25) is 9.58 Å². The fourth-order valence-corrected chi connectivity index (χ4v) is 3.71. The number of rotatable bonds is 4. The van der Waals surface area contributed by atoms with Gasteiger partial charge in [0.05, 0.1) is 6.04 Å². The van der Waals surface area contributed by atoms with E-state index in [4.69, 9.17) is 5.11 Å². The molecule has 0 aliphatic carbocycles. The van der Waals surface area contributed by atoms with E-state index in [0.717, 1.165) is 32.5 Å². The first-order valence-corrected chi connectivity index (χ1v) is 8.05. The van der Waals surface area contributed by atoms with Crippen molar-refractivity contribution in [3.63, 3.8) is 0 Å². The van der Waals surface area contributed by atoms with Gasteiger partial charge < -0.3 is 5.11 Å². The molecule has 1 aliphatic heterocycles. The van der Waals surface area contributed by atoms with Crippen molar-refractivity contribution in [2.75, 3.05) is 13.1 Å². The van der Waals surface area contributed by atoms with Crippen molar-refractivity contribution in [2.45, 2.75) is 32.4 Å². The van der Waals surface area contributed by atoms with Crippen LogP contribution in [0.25, 0.3) is 0 Å². The molecule has 5 nitrogen and oxygen atoms in total. The number of likely N-dealkylation sites (tertiary alicyclic amines) is 1. The van der Waals surface area contributed by atoms with Gasteiger partial charge in [-0.2, -0.15) is 5.10 Å². The molecule has 3 rings (SSSR count). The lowest BCUT2D eigenvalue weighted by Gasteiger charge is -2.31. The molecular weight excluding hydrogens is 286 g/mol.